The fraction of sp³-hybridized carbons (Fsp3) is 0.500. The van der Waals surface area contributed by atoms with Crippen LogP contribution in [0.25, 0.3) is 0 Å². The van der Waals surface area contributed by atoms with Crippen LogP contribution in [0.5, 0.6) is 0 Å². The van der Waals surface area contributed by atoms with Gasteiger partial charge in [0.25, 0.3) is 0 Å². The van der Waals surface area contributed by atoms with Crippen LogP contribution >= 0.6 is 11.6 Å². The van der Waals surface area contributed by atoms with E-state index >= 15 is 0 Å². The normalized spacial score (nSPS) is 12.5. The molecule has 5 heteroatoms. The number of nitrogens with two attached hydrogens (primary N) is 1. The maximum absolute atomic E-state index is 8.69. The summed E-state index contributed by atoms with van der Waals surface area (Å²) < 4.78 is 0. The van der Waals surface area contributed by atoms with Gasteiger partial charge < -0.3 is 16.2 Å². The number of hydrogen-bond acceptors (Lipinski definition) is 4. The molecule has 0 bridgehead atoms. The molecule has 0 saturated carbocycles. The third-order valence-electron chi connectivity index (χ3n) is 2.06. The van der Waals surface area contributed by atoms with E-state index in [-0.39, 0.29) is 12.6 Å². The molecular formula is C10H16ClN3O. The average Bonchev–Trinajstić information content (AvgIpc) is 2.19. The van der Waals surface area contributed by atoms with Gasteiger partial charge in [-0.05, 0) is 25.8 Å². The number of pyridine rings is 1. The van der Waals surface area contributed by atoms with E-state index in [0.29, 0.717) is 16.5 Å². The van der Waals surface area contributed by atoms with Gasteiger partial charge in [0.05, 0.1) is 10.7 Å². The number of aliphatic hydroxyl groups is 1. The van der Waals surface area contributed by atoms with Crippen LogP contribution in [0.1, 0.15) is 19.8 Å². The SMILES string of the molecule is CC(CCCO)Nc1ncc(Cl)cc1N. The highest BCUT2D eigenvalue weighted by atomic mass is 35.5. The second kappa shape index (κ2) is 5.78. The lowest BCUT2D eigenvalue weighted by molar-refractivity contribution is 0.282. The summed E-state index contributed by atoms with van der Waals surface area (Å²) in [6.45, 7) is 2.22. The molecule has 1 rings (SSSR count). The van der Waals surface area contributed by atoms with E-state index in [1.165, 1.54) is 0 Å². The summed E-state index contributed by atoms with van der Waals surface area (Å²) in [5.74, 6) is 0.643. The molecule has 0 aromatic carbocycles. The van der Waals surface area contributed by atoms with Gasteiger partial charge in [-0.25, -0.2) is 4.98 Å². The maximum atomic E-state index is 8.69. The van der Waals surface area contributed by atoms with Crippen LogP contribution < -0.4 is 11.1 Å². The third kappa shape index (κ3) is 3.93. The van der Waals surface area contributed by atoms with Crippen LogP contribution in [-0.4, -0.2) is 22.7 Å². The number of nitrogens with one attached hydrogen (secondary N) is 1. The van der Waals surface area contributed by atoms with Gasteiger partial charge in [-0.3, -0.25) is 0 Å². The average molecular weight is 230 g/mol. The smallest absolute Gasteiger partial charge is 0.149 e. The van der Waals surface area contributed by atoms with E-state index in [0.717, 1.165) is 12.8 Å². The Morgan fingerprint density at radius 1 is 1.67 bits per heavy atom. The Morgan fingerprint density at radius 3 is 3.00 bits per heavy atom. The Balaban J connectivity index is 2.56. The van der Waals surface area contributed by atoms with Crippen LogP contribution in [0, 0.1) is 0 Å². The number of anilines is 2. The van der Waals surface area contributed by atoms with Crippen molar-refractivity contribution >= 4 is 23.1 Å². The fourth-order valence-electron chi connectivity index (χ4n) is 1.28. The van der Waals surface area contributed by atoms with Crippen molar-refractivity contribution in [3.8, 4) is 0 Å². The molecule has 1 aromatic heterocycles. The molecule has 0 aliphatic heterocycles. The van der Waals surface area contributed by atoms with Crippen molar-refractivity contribution in [2.75, 3.05) is 17.7 Å². The monoisotopic (exact) mass is 229 g/mol. The van der Waals surface area contributed by atoms with E-state index < -0.39 is 0 Å². The molecule has 0 aliphatic carbocycles. The topological polar surface area (TPSA) is 71.2 Å². The zero-order chi connectivity index (χ0) is 11.3. The molecule has 0 radical (unpaired) electrons. The van der Waals surface area contributed by atoms with Crippen LogP contribution in [0.2, 0.25) is 5.02 Å². The van der Waals surface area contributed by atoms with E-state index in [1.807, 2.05) is 6.92 Å². The summed E-state index contributed by atoms with van der Waals surface area (Å²) >= 11 is 5.73. The molecular weight excluding hydrogens is 214 g/mol. The van der Waals surface area contributed by atoms with Gasteiger partial charge in [0.15, 0.2) is 0 Å². The van der Waals surface area contributed by atoms with E-state index in [1.54, 1.807) is 12.3 Å². The van der Waals surface area contributed by atoms with E-state index in [9.17, 15) is 0 Å². The summed E-state index contributed by atoms with van der Waals surface area (Å²) in [6.07, 6.45) is 3.20. The highest BCUT2D eigenvalue weighted by molar-refractivity contribution is 6.30. The fourth-order valence-corrected chi connectivity index (χ4v) is 1.44. The number of nitrogen functional groups attached to an aromatic ring is 1. The van der Waals surface area contributed by atoms with E-state index in [2.05, 4.69) is 10.3 Å². The largest absolute Gasteiger partial charge is 0.396 e. The predicted molar refractivity (Wildman–Crippen MR) is 63.1 cm³/mol. The lowest BCUT2D eigenvalue weighted by Gasteiger charge is -2.15. The van der Waals surface area contributed by atoms with Crippen molar-refractivity contribution in [2.24, 2.45) is 0 Å². The van der Waals surface area contributed by atoms with Gasteiger partial charge in [-0.2, -0.15) is 0 Å². The van der Waals surface area contributed by atoms with Gasteiger partial charge in [0.2, 0.25) is 0 Å². The minimum Gasteiger partial charge on any atom is -0.396 e. The van der Waals surface area contributed by atoms with Crippen molar-refractivity contribution in [3.05, 3.63) is 17.3 Å². The highest BCUT2D eigenvalue weighted by Gasteiger charge is 2.05. The molecule has 1 aromatic rings. The first-order valence-electron chi connectivity index (χ1n) is 4.92. The molecule has 15 heavy (non-hydrogen) atoms. The first-order valence-corrected chi connectivity index (χ1v) is 5.29. The standard InChI is InChI=1S/C10H16ClN3O/c1-7(3-2-4-15)14-10-9(12)5-8(11)6-13-10/h5-7,15H,2-4,12H2,1H3,(H,13,14). The van der Waals surface area contributed by atoms with E-state index in [4.69, 9.17) is 22.4 Å². The van der Waals surface area contributed by atoms with Gasteiger partial charge in [0.1, 0.15) is 5.82 Å². The Morgan fingerprint density at radius 2 is 2.40 bits per heavy atom. The molecule has 1 heterocycles. The summed E-state index contributed by atoms with van der Waals surface area (Å²) in [5.41, 5.74) is 6.28. The Hall–Kier alpha value is -1.00. The van der Waals surface area contributed by atoms with Gasteiger partial charge in [-0.15, -0.1) is 0 Å². The van der Waals surface area contributed by atoms with Gasteiger partial charge in [-0.1, -0.05) is 11.6 Å². The number of aromatic nitrogens is 1. The van der Waals surface area contributed by atoms with Gasteiger partial charge in [0, 0.05) is 18.8 Å². The highest BCUT2D eigenvalue weighted by Crippen LogP contribution is 2.20. The number of hydrogen-bond donors (Lipinski definition) is 3. The zero-order valence-corrected chi connectivity index (χ0v) is 9.46. The minimum absolute atomic E-state index is 0.204. The van der Waals surface area contributed by atoms with Crippen LogP contribution in [-0.2, 0) is 0 Å². The molecule has 0 aliphatic rings. The second-order valence-corrected chi connectivity index (χ2v) is 3.94. The molecule has 0 spiro atoms. The molecule has 84 valence electrons. The number of rotatable bonds is 5. The third-order valence-corrected chi connectivity index (χ3v) is 2.27. The minimum atomic E-state index is 0.204. The zero-order valence-electron chi connectivity index (χ0n) is 8.70. The van der Waals surface area contributed by atoms with Crippen molar-refractivity contribution in [3.63, 3.8) is 0 Å². The molecule has 4 nitrogen and oxygen atoms in total. The predicted octanol–water partition coefficient (Wildman–Crippen LogP) is 1.89. The Kier molecular flexibility index (Phi) is 4.65. The summed E-state index contributed by atoms with van der Waals surface area (Å²) in [5, 5.41) is 12.4. The van der Waals surface area contributed by atoms with Crippen molar-refractivity contribution in [1.29, 1.82) is 0 Å². The van der Waals surface area contributed by atoms with Crippen LogP contribution in [0.4, 0.5) is 11.5 Å². The summed E-state index contributed by atoms with van der Waals surface area (Å²) in [6, 6.07) is 1.89. The summed E-state index contributed by atoms with van der Waals surface area (Å²) in [7, 11) is 0. The number of nitrogens with zero attached hydrogens (tertiary/aromatic N) is 1. The maximum Gasteiger partial charge on any atom is 0.149 e. The molecule has 0 saturated heterocycles. The van der Waals surface area contributed by atoms with Crippen molar-refractivity contribution in [1.82, 2.24) is 4.98 Å². The Bertz CT molecular complexity index is 320. The summed E-state index contributed by atoms with van der Waals surface area (Å²) in [4.78, 5) is 4.10. The number of aliphatic hydroxyl groups excluding tert-OH is 1. The van der Waals surface area contributed by atoms with Crippen LogP contribution in [0.15, 0.2) is 12.3 Å². The lowest BCUT2D eigenvalue weighted by Crippen LogP contribution is -2.17. The molecule has 1 atom stereocenters. The first kappa shape index (κ1) is 12.1. The van der Waals surface area contributed by atoms with Crippen molar-refractivity contribution in [2.45, 2.75) is 25.8 Å². The van der Waals surface area contributed by atoms with Crippen LogP contribution in [0.3, 0.4) is 0 Å². The quantitative estimate of drug-likeness (QED) is 0.721. The second-order valence-electron chi connectivity index (χ2n) is 3.50. The number of halogens is 1. The molecule has 0 fully saturated rings. The molecule has 1 unspecified atom stereocenters. The Labute approximate surface area is 94.5 Å². The molecule has 4 N–H and O–H groups in total. The lowest BCUT2D eigenvalue weighted by atomic mass is 10.2. The van der Waals surface area contributed by atoms with Crippen molar-refractivity contribution < 1.29 is 5.11 Å². The first-order chi connectivity index (χ1) is 7.13. The molecule has 0 amide bonds. The van der Waals surface area contributed by atoms with Gasteiger partial charge >= 0.3 is 0 Å².